The topological polar surface area (TPSA) is 84.3 Å². The van der Waals surface area contributed by atoms with Gasteiger partial charge in [0.05, 0.1) is 11.4 Å². The summed E-state index contributed by atoms with van der Waals surface area (Å²) in [5, 5.41) is 7.20. The Hall–Kier alpha value is -1.41. The number of nitrogens with zero attached hydrogens (tertiary/aromatic N) is 3. The van der Waals surface area contributed by atoms with Crippen LogP contribution in [0.2, 0.25) is 0 Å². The number of hydrogen-bond donors (Lipinski definition) is 1. The van der Waals surface area contributed by atoms with Crippen LogP contribution in [0.3, 0.4) is 0 Å². The Morgan fingerprint density at radius 2 is 1.83 bits per heavy atom. The summed E-state index contributed by atoms with van der Waals surface area (Å²) in [7, 11) is -3.59. The molecule has 0 saturated heterocycles. The molecule has 1 N–H and O–H groups in total. The van der Waals surface area contributed by atoms with Gasteiger partial charge in [0, 0.05) is 19.1 Å². The number of aryl methyl sites for hydroxylation is 1. The fourth-order valence-electron chi connectivity index (χ4n) is 2.82. The van der Waals surface area contributed by atoms with Crippen molar-refractivity contribution in [2.45, 2.75) is 70.9 Å². The van der Waals surface area contributed by atoms with Gasteiger partial charge in [-0.25, -0.2) is 8.42 Å². The summed E-state index contributed by atoms with van der Waals surface area (Å²) in [5.41, 5.74) is 0.972. The third-order valence-electron chi connectivity index (χ3n) is 4.09. The number of carbonyl (C=O) groups is 1. The molecule has 1 amide bonds. The number of carbonyl (C=O) groups excluding carboxylic acids is 1. The minimum Gasteiger partial charge on any atom is -0.352 e. The van der Waals surface area contributed by atoms with Crippen LogP contribution >= 0.6 is 0 Å². The van der Waals surface area contributed by atoms with Crippen LogP contribution in [0, 0.1) is 13.8 Å². The average molecular weight is 356 g/mol. The van der Waals surface area contributed by atoms with Gasteiger partial charge in [0.2, 0.25) is 15.9 Å². The molecule has 24 heavy (non-hydrogen) atoms. The number of nitrogens with one attached hydrogen (secondary N) is 1. The van der Waals surface area contributed by atoms with Crippen LogP contribution in [0.1, 0.15) is 50.9 Å². The minimum absolute atomic E-state index is 0.0558. The van der Waals surface area contributed by atoms with Crippen molar-refractivity contribution >= 4 is 15.9 Å². The van der Waals surface area contributed by atoms with Gasteiger partial charge in [0.25, 0.3) is 0 Å². The molecule has 0 spiro atoms. The summed E-state index contributed by atoms with van der Waals surface area (Å²) in [6, 6.07) is 0.280. The van der Waals surface area contributed by atoms with E-state index in [0.29, 0.717) is 24.5 Å². The number of hydrogen-bond acceptors (Lipinski definition) is 4. The molecule has 1 aliphatic rings. The zero-order valence-corrected chi connectivity index (χ0v) is 15.8. The summed E-state index contributed by atoms with van der Waals surface area (Å²) >= 11 is 0. The zero-order chi connectivity index (χ0) is 17.9. The molecule has 0 unspecified atom stereocenters. The molecule has 7 nitrogen and oxygen atoms in total. The van der Waals surface area contributed by atoms with E-state index in [1.54, 1.807) is 13.8 Å². The highest BCUT2D eigenvalue weighted by Crippen LogP contribution is 2.24. The molecule has 0 bridgehead atoms. The van der Waals surface area contributed by atoms with Crippen molar-refractivity contribution in [2.75, 3.05) is 13.1 Å². The second kappa shape index (κ2) is 7.65. The third kappa shape index (κ3) is 4.16. The quantitative estimate of drug-likeness (QED) is 0.728. The van der Waals surface area contributed by atoms with Gasteiger partial charge < -0.3 is 5.32 Å². The van der Waals surface area contributed by atoms with E-state index in [-0.39, 0.29) is 23.4 Å². The monoisotopic (exact) mass is 356 g/mol. The Morgan fingerprint density at radius 3 is 2.33 bits per heavy atom. The summed E-state index contributed by atoms with van der Waals surface area (Å²) in [5.74, 6) is -0.119. The molecule has 1 aromatic rings. The highest BCUT2D eigenvalue weighted by Gasteiger charge is 2.31. The number of rotatable bonds is 9. The first-order valence-corrected chi connectivity index (χ1v) is 10.1. The van der Waals surface area contributed by atoms with E-state index in [4.69, 9.17) is 0 Å². The van der Waals surface area contributed by atoms with Crippen molar-refractivity contribution in [1.29, 1.82) is 0 Å². The third-order valence-corrected chi connectivity index (χ3v) is 6.25. The lowest BCUT2D eigenvalue weighted by Gasteiger charge is -2.21. The highest BCUT2D eigenvalue weighted by molar-refractivity contribution is 7.89. The highest BCUT2D eigenvalue weighted by atomic mass is 32.2. The van der Waals surface area contributed by atoms with E-state index in [1.807, 2.05) is 13.8 Å². The van der Waals surface area contributed by atoms with Crippen LogP contribution in [-0.2, 0) is 21.4 Å². The molecule has 8 heteroatoms. The maximum absolute atomic E-state index is 13.0. The summed E-state index contributed by atoms with van der Waals surface area (Å²) in [6.07, 6.45) is 3.56. The molecule has 0 aliphatic heterocycles. The molecule has 1 saturated carbocycles. The number of sulfonamides is 1. The molecular weight excluding hydrogens is 328 g/mol. The van der Waals surface area contributed by atoms with Gasteiger partial charge in [-0.1, -0.05) is 13.8 Å². The van der Waals surface area contributed by atoms with Gasteiger partial charge in [0.15, 0.2) is 0 Å². The standard InChI is InChI=1S/C16H28N4O3S/c1-5-9-19(10-6-2)24(22,23)16-12(3)18-20(13(16)4)11-15(21)17-14-7-8-14/h14H,5-11H2,1-4H3,(H,17,21). The van der Waals surface area contributed by atoms with E-state index < -0.39 is 10.0 Å². The lowest BCUT2D eigenvalue weighted by Crippen LogP contribution is -2.33. The van der Waals surface area contributed by atoms with Crippen molar-refractivity contribution in [2.24, 2.45) is 0 Å². The Bertz CT molecular complexity index is 686. The van der Waals surface area contributed by atoms with Gasteiger partial charge in [0.1, 0.15) is 11.4 Å². The normalized spacial score (nSPS) is 15.0. The first-order valence-electron chi connectivity index (χ1n) is 8.64. The fraction of sp³-hybridized carbons (Fsp3) is 0.750. The SMILES string of the molecule is CCCN(CCC)S(=O)(=O)c1c(C)nn(CC(=O)NC2CC2)c1C. The molecule has 136 valence electrons. The summed E-state index contributed by atoms with van der Waals surface area (Å²) < 4.78 is 29.0. The van der Waals surface area contributed by atoms with Crippen molar-refractivity contribution < 1.29 is 13.2 Å². The molecule has 2 rings (SSSR count). The van der Waals surface area contributed by atoms with Crippen molar-refractivity contribution in [3.63, 3.8) is 0 Å². The van der Waals surface area contributed by atoms with Crippen LogP contribution in [0.25, 0.3) is 0 Å². The number of amides is 1. The van der Waals surface area contributed by atoms with Crippen LogP contribution in [0.15, 0.2) is 4.90 Å². The lowest BCUT2D eigenvalue weighted by atomic mass is 10.4. The van der Waals surface area contributed by atoms with Gasteiger partial charge in [-0.05, 0) is 39.5 Å². The lowest BCUT2D eigenvalue weighted by molar-refractivity contribution is -0.122. The first kappa shape index (κ1) is 18.9. The van der Waals surface area contributed by atoms with Crippen LogP contribution in [0.5, 0.6) is 0 Å². The molecule has 1 fully saturated rings. The van der Waals surface area contributed by atoms with Gasteiger partial charge >= 0.3 is 0 Å². The second-order valence-electron chi connectivity index (χ2n) is 6.40. The predicted octanol–water partition coefficient (Wildman–Crippen LogP) is 1.59. The van der Waals surface area contributed by atoms with E-state index in [1.165, 1.54) is 8.99 Å². The molecule has 0 radical (unpaired) electrons. The molecule has 0 atom stereocenters. The maximum atomic E-state index is 13.0. The number of aromatic nitrogens is 2. The molecule has 1 aromatic heterocycles. The van der Waals surface area contributed by atoms with Crippen molar-refractivity contribution in [3.8, 4) is 0 Å². The zero-order valence-electron chi connectivity index (χ0n) is 15.0. The van der Waals surface area contributed by atoms with E-state index in [2.05, 4.69) is 10.4 Å². The average Bonchev–Trinajstić information content (AvgIpc) is 3.24. The Kier molecular flexibility index (Phi) is 6.03. The summed E-state index contributed by atoms with van der Waals surface area (Å²) in [6.45, 7) is 8.36. The van der Waals surface area contributed by atoms with Gasteiger partial charge in [-0.15, -0.1) is 0 Å². The molecule has 0 aromatic carbocycles. The largest absolute Gasteiger partial charge is 0.352 e. The van der Waals surface area contributed by atoms with Gasteiger partial charge in [-0.3, -0.25) is 9.48 Å². The maximum Gasteiger partial charge on any atom is 0.246 e. The fourth-order valence-corrected chi connectivity index (χ4v) is 4.82. The molecular formula is C16H28N4O3S. The Morgan fingerprint density at radius 1 is 1.25 bits per heavy atom. The van der Waals surface area contributed by atoms with Crippen molar-refractivity contribution in [1.82, 2.24) is 19.4 Å². The van der Waals surface area contributed by atoms with Gasteiger partial charge in [-0.2, -0.15) is 9.40 Å². The van der Waals surface area contributed by atoms with E-state index in [0.717, 1.165) is 25.7 Å². The smallest absolute Gasteiger partial charge is 0.246 e. The molecule has 1 heterocycles. The Labute approximate surface area is 144 Å². The van der Waals surface area contributed by atoms with E-state index in [9.17, 15) is 13.2 Å². The van der Waals surface area contributed by atoms with Crippen LogP contribution in [0.4, 0.5) is 0 Å². The second-order valence-corrected chi connectivity index (χ2v) is 8.28. The Balaban J connectivity index is 2.27. The molecule has 1 aliphatic carbocycles. The first-order chi connectivity index (χ1) is 11.3. The van der Waals surface area contributed by atoms with E-state index >= 15 is 0 Å². The van der Waals surface area contributed by atoms with Crippen LogP contribution < -0.4 is 5.32 Å². The van der Waals surface area contributed by atoms with Crippen LogP contribution in [-0.4, -0.2) is 47.5 Å². The van der Waals surface area contributed by atoms with Crippen molar-refractivity contribution in [3.05, 3.63) is 11.4 Å². The minimum atomic E-state index is -3.59. The summed E-state index contributed by atoms with van der Waals surface area (Å²) in [4.78, 5) is 12.2. The predicted molar refractivity (Wildman–Crippen MR) is 92.2 cm³/mol.